The van der Waals surface area contributed by atoms with Crippen LogP contribution in [0.4, 0.5) is 0 Å². The van der Waals surface area contributed by atoms with Gasteiger partial charge in [0.1, 0.15) is 0 Å². The van der Waals surface area contributed by atoms with Crippen molar-refractivity contribution in [2.75, 3.05) is 13.2 Å². The lowest BCUT2D eigenvalue weighted by atomic mass is 10.4. The van der Waals surface area contributed by atoms with Crippen LogP contribution in [0.15, 0.2) is 5.38 Å². The van der Waals surface area contributed by atoms with Gasteiger partial charge in [-0.15, -0.1) is 11.3 Å². The highest BCUT2D eigenvalue weighted by Crippen LogP contribution is 2.09. The fraction of sp³-hybridized carbons (Fsp3) is 0.600. The largest absolute Gasteiger partial charge is 0.465 e. The highest BCUT2D eigenvalue weighted by atomic mass is 32.1. The molecule has 0 aliphatic carbocycles. The molecule has 0 saturated carbocycles. The first kappa shape index (κ1) is 12.1. The predicted octanol–water partition coefficient (Wildman–Crippen LogP) is 1.36. The molecule has 84 valence electrons. The molecule has 0 saturated heterocycles. The van der Waals surface area contributed by atoms with Crippen molar-refractivity contribution in [1.82, 2.24) is 10.3 Å². The molecule has 1 heterocycles. The van der Waals surface area contributed by atoms with E-state index in [4.69, 9.17) is 4.74 Å². The van der Waals surface area contributed by atoms with Gasteiger partial charge in [-0.05, 0) is 13.3 Å². The Labute approximate surface area is 93.7 Å². The maximum absolute atomic E-state index is 11.0. The molecule has 1 rings (SSSR count). The average molecular weight is 228 g/mol. The van der Waals surface area contributed by atoms with Crippen LogP contribution in [0, 0.1) is 0 Å². The Kier molecular flexibility index (Phi) is 5.28. The summed E-state index contributed by atoms with van der Waals surface area (Å²) in [5.74, 6) is -0.219. The molecule has 0 aromatic carbocycles. The van der Waals surface area contributed by atoms with Crippen LogP contribution < -0.4 is 5.32 Å². The highest BCUT2D eigenvalue weighted by molar-refractivity contribution is 7.09. The van der Waals surface area contributed by atoms with Gasteiger partial charge in [0, 0.05) is 11.9 Å². The number of aryl methyl sites for hydroxylation is 1. The van der Waals surface area contributed by atoms with Crippen molar-refractivity contribution < 1.29 is 9.53 Å². The molecule has 0 fully saturated rings. The zero-order chi connectivity index (χ0) is 11.1. The molecule has 5 heteroatoms. The Balaban J connectivity index is 2.22. The summed E-state index contributed by atoms with van der Waals surface area (Å²) in [5, 5.41) is 6.13. The van der Waals surface area contributed by atoms with Crippen LogP contribution in [0.5, 0.6) is 0 Å². The van der Waals surface area contributed by atoms with Gasteiger partial charge in [-0.2, -0.15) is 0 Å². The van der Waals surface area contributed by atoms with Crippen LogP contribution in [-0.2, 0) is 22.5 Å². The number of carbonyl (C=O) groups excluding carboxylic acids is 1. The van der Waals surface area contributed by atoms with Crippen molar-refractivity contribution in [1.29, 1.82) is 0 Å². The van der Waals surface area contributed by atoms with E-state index >= 15 is 0 Å². The second kappa shape index (κ2) is 6.53. The molecule has 0 aliphatic rings. The number of hydrogen-bond acceptors (Lipinski definition) is 5. The van der Waals surface area contributed by atoms with Crippen LogP contribution in [0.2, 0.25) is 0 Å². The van der Waals surface area contributed by atoms with Crippen molar-refractivity contribution in [3.05, 3.63) is 16.1 Å². The zero-order valence-corrected chi connectivity index (χ0v) is 9.89. The molecule has 1 aromatic heterocycles. The van der Waals surface area contributed by atoms with Crippen molar-refractivity contribution in [3.63, 3.8) is 0 Å². The second-order valence-corrected chi connectivity index (χ2v) is 3.94. The fourth-order valence-corrected chi connectivity index (χ4v) is 1.84. The van der Waals surface area contributed by atoms with Gasteiger partial charge >= 0.3 is 5.97 Å². The Morgan fingerprint density at radius 1 is 1.60 bits per heavy atom. The summed E-state index contributed by atoms with van der Waals surface area (Å²) in [5.41, 5.74) is 0.987. The number of aromatic nitrogens is 1. The summed E-state index contributed by atoms with van der Waals surface area (Å²) in [6.07, 6.45) is 0.961. The minimum absolute atomic E-state index is 0.219. The molecule has 15 heavy (non-hydrogen) atoms. The molecule has 0 atom stereocenters. The zero-order valence-electron chi connectivity index (χ0n) is 9.08. The van der Waals surface area contributed by atoms with E-state index in [1.807, 2.05) is 5.38 Å². The lowest BCUT2D eigenvalue weighted by molar-refractivity contribution is -0.142. The van der Waals surface area contributed by atoms with Crippen LogP contribution in [0.3, 0.4) is 0 Å². The van der Waals surface area contributed by atoms with E-state index in [0.717, 1.165) is 17.1 Å². The summed E-state index contributed by atoms with van der Waals surface area (Å²) in [6.45, 7) is 5.17. The Bertz CT molecular complexity index is 312. The molecule has 0 amide bonds. The van der Waals surface area contributed by atoms with Crippen molar-refractivity contribution >= 4 is 17.3 Å². The lowest BCUT2D eigenvalue weighted by Crippen LogP contribution is -2.24. The Morgan fingerprint density at radius 3 is 3.00 bits per heavy atom. The summed E-state index contributed by atoms with van der Waals surface area (Å²) >= 11 is 1.65. The van der Waals surface area contributed by atoms with Gasteiger partial charge in [-0.3, -0.25) is 4.79 Å². The van der Waals surface area contributed by atoms with Gasteiger partial charge in [0.05, 0.1) is 23.9 Å². The molecule has 4 nitrogen and oxygen atoms in total. The SMILES string of the molecule is CCOC(=O)CNCc1csc(CC)n1. The first-order chi connectivity index (χ1) is 7.26. The van der Waals surface area contributed by atoms with Crippen LogP contribution in [-0.4, -0.2) is 24.1 Å². The fourth-order valence-electron chi connectivity index (χ4n) is 1.10. The standard InChI is InChI=1S/C10H16N2O2S/c1-3-9-12-8(7-15-9)5-11-6-10(13)14-4-2/h7,11H,3-6H2,1-2H3. The maximum Gasteiger partial charge on any atom is 0.319 e. The minimum Gasteiger partial charge on any atom is -0.465 e. The van der Waals surface area contributed by atoms with Crippen LogP contribution in [0.1, 0.15) is 24.5 Å². The normalized spacial score (nSPS) is 10.3. The van der Waals surface area contributed by atoms with E-state index in [1.54, 1.807) is 18.3 Å². The van der Waals surface area contributed by atoms with Crippen molar-refractivity contribution in [2.24, 2.45) is 0 Å². The third kappa shape index (κ3) is 4.40. The predicted molar refractivity (Wildman–Crippen MR) is 59.8 cm³/mol. The lowest BCUT2D eigenvalue weighted by Gasteiger charge is -2.02. The number of thiazole rings is 1. The van der Waals surface area contributed by atoms with Gasteiger partial charge in [-0.1, -0.05) is 6.92 Å². The van der Waals surface area contributed by atoms with E-state index in [-0.39, 0.29) is 12.5 Å². The van der Waals surface area contributed by atoms with Gasteiger partial charge in [0.15, 0.2) is 0 Å². The van der Waals surface area contributed by atoms with E-state index < -0.39 is 0 Å². The Morgan fingerprint density at radius 2 is 2.40 bits per heavy atom. The quantitative estimate of drug-likeness (QED) is 0.747. The number of ether oxygens (including phenoxy) is 1. The third-order valence-electron chi connectivity index (χ3n) is 1.78. The van der Waals surface area contributed by atoms with Crippen molar-refractivity contribution in [2.45, 2.75) is 26.8 Å². The van der Waals surface area contributed by atoms with E-state index in [9.17, 15) is 4.79 Å². The molecule has 0 aliphatic heterocycles. The summed E-state index contributed by atoms with van der Waals surface area (Å²) in [6, 6.07) is 0. The highest BCUT2D eigenvalue weighted by Gasteiger charge is 2.02. The van der Waals surface area contributed by atoms with Crippen molar-refractivity contribution in [3.8, 4) is 0 Å². The molecule has 0 radical (unpaired) electrons. The second-order valence-electron chi connectivity index (χ2n) is 2.99. The van der Waals surface area contributed by atoms with E-state index in [1.165, 1.54) is 0 Å². The maximum atomic E-state index is 11.0. The molecule has 0 unspecified atom stereocenters. The molecule has 1 N–H and O–H groups in total. The average Bonchev–Trinajstić information content (AvgIpc) is 2.66. The van der Waals surface area contributed by atoms with Gasteiger partial charge in [0.25, 0.3) is 0 Å². The number of esters is 1. The molecular formula is C10H16N2O2S. The van der Waals surface area contributed by atoms with Gasteiger partial charge in [0.2, 0.25) is 0 Å². The van der Waals surface area contributed by atoms with Gasteiger partial charge in [-0.25, -0.2) is 4.98 Å². The molecule has 0 bridgehead atoms. The number of nitrogens with one attached hydrogen (secondary N) is 1. The first-order valence-corrected chi connectivity index (χ1v) is 5.93. The van der Waals surface area contributed by atoms with Crippen LogP contribution >= 0.6 is 11.3 Å². The van der Waals surface area contributed by atoms with E-state index in [2.05, 4.69) is 17.2 Å². The smallest absolute Gasteiger partial charge is 0.319 e. The summed E-state index contributed by atoms with van der Waals surface area (Å²) in [7, 11) is 0. The first-order valence-electron chi connectivity index (χ1n) is 5.05. The van der Waals surface area contributed by atoms with E-state index in [0.29, 0.717) is 13.2 Å². The number of nitrogens with zero attached hydrogens (tertiary/aromatic N) is 1. The summed E-state index contributed by atoms with van der Waals surface area (Å²) in [4.78, 5) is 15.4. The molecule has 0 spiro atoms. The molecular weight excluding hydrogens is 212 g/mol. The monoisotopic (exact) mass is 228 g/mol. The minimum atomic E-state index is -0.219. The van der Waals surface area contributed by atoms with Gasteiger partial charge < -0.3 is 10.1 Å². The topological polar surface area (TPSA) is 51.2 Å². The number of rotatable bonds is 6. The third-order valence-corrected chi connectivity index (χ3v) is 2.82. The van der Waals surface area contributed by atoms with Crippen LogP contribution in [0.25, 0.3) is 0 Å². The Hall–Kier alpha value is -0.940. The molecule has 1 aromatic rings. The number of carbonyl (C=O) groups is 1. The number of hydrogen-bond donors (Lipinski definition) is 1. The summed E-state index contributed by atoms with van der Waals surface area (Å²) < 4.78 is 4.79.